The first-order valence-corrected chi connectivity index (χ1v) is 9.14. The molecule has 0 fully saturated rings. The molecule has 0 aliphatic carbocycles. The van der Waals surface area contributed by atoms with Gasteiger partial charge in [-0.15, -0.1) is 0 Å². The molecule has 2 aromatic carbocycles. The molecule has 1 aromatic heterocycles. The van der Waals surface area contributed by atoms with Gasteiger partial charge in [0.2, 0.25) is 5.91 Å². The lowest BCUT2D eigenvalue weighted by molar-refractivity contribution is -0.126. The lowest BCUT2D eigenvalue weighted by Gasteiger charge is -2.08. The minimum absolute atomic E-state index is 0.0375. The van der Waals surface area contributed by atoms with E-state index in [9.17, 15) is 23.2 Å². The summed E-state index contributed by atoms with van der Waals surface area (Å²) in [6.45, 7) is 0.646. The Morgan fingerprint density at radius 3 is 2.48 bits per heavy atom. The zero-order chi connectivity index (χ0) is 22.4. The molecule has 31 heavy (non-hydrogen) atoms. The van der Waals surface area contributed by atoms with E-state index in [4.69, 9.17) is 4.74 Å². The number of aromatic nitrogens is 2. The highest BCUT2D eigenvalue weighted by Crippen LogP contribution is 2.15. The molecule has 3 rings (SSSR count). The summed E-state index contributed by atoms with van der Waals surface area (Å²) in [6, 6.07) is 12.0. The normalized spacial score (nSPS) is 10.4. The average Bonchev–Trinajstić information content (AvgIpc) is 3.15. The van der Waals surface area contributed by atoms with Crippen LogP contribution in [0.15, 0.2) is 54.7 Å². The second-order valence-electron chi connectivity index (χ2n) is 6.42. The van der Waals surface area contributed by atoms with Gasteiger partial charge in [0, 0.05) is 11.8 Å². The van der Waals surface area contributed by atoms with Gasteiger partial charge in [0.15, 0.2) is 18.2 Å². The van der Waals surface area contributed by atoms with E-state index in [0.717, 1.165) is 17.8 Å². The summed E-state index contributed by atoms with van der Waals surface area (Å²) in [5.41, 5.74) is 1.55. The minimum Gasteiger partial charge on any atom is -0.452 e. The van der Waals surface area contributed by atoms with E-state index in [1.807, 2.05) is 30.3 Å². The summed E-state index contributed by atoms with van der Waals surface area (Å²) in [6.07, 6.45) is 1.35. The SMILES string of the molecule is Cc1c(C(=O)OCC(=O)NCC(=O)Nc2ccc(F)c(F)c2)cnn1-c1ccccc1. The van der Waals surface area contributed by atoms with Crippen LogP contribution in [0.1, 0.15) is 16.1 Å². The number of nitrogens with one attached hydrogen (secondary N) is 2. The van der Waals surface area contributed by atoms with Gasteiger partial charge in [-0.1, -0.05) is 18.2 Å². The van der Waals surface area contributed by atoms with Gasteiger partial charge in [-0.25, -0.2) is 18.3 Å². The van der Waals surface area contributed by atoms with Crippen LogP contribution in [0.3, 0.4) is 0 Å². The molecule has 3 aromatic rings. The molecule has 0 unspecified atom stereocenters. The Bertz CT molecular complexity index is 1120. The van der Waals surface area contributed by atoms with Crippen molar-refractivity contribution in [3.63, 3.8) is 0 Å². The van der Waals surface area contributed by atoms with Crippen LogP contribution < -0.4 is 10.6 Å². The summed E-state index contributed by atoms with van der Waals surface area (Å²) >= 11 is 0. The van der Waals surface area contributed by atoms with Crippen molar-refractivity contribution in [2.45, 2.75) is 6.92 Å². The summed E-state index contributed by atoms with van der Waals surface area (Å²) < 4.78 is 32.6. The Balaban J connectivity index is 1.47. The minimum atomic E-state index is -1.11. The molecule has 1 heterocycles. The molecule has 0 bridgehead atoms. The third-order valence-corrected chi connectivity index (χ3v) is 4.21. The van der Waals surface area contributed by atoms with Gasteiger partial charge in [-0.2, -0.15) is 5.10 Å². The van der Waals surface area contributed by atoms with Crippen LogP contribution in [0, 0.1) is 18.6 Å². The zero-order valence-corrected chi connectivity index (χ0v) is 16.4. The van der Waals surface area contributed by atoms with Crippen molar-refractivity contribution in [3.05, 3.63) is 77.6 Å². The average molecular weight is 428 g/mol. The van der Waals surface area contributed by atoms with E-state index < -0.39 is 42.6 Å². The van der Waals surface area contributed by atoms with Crippen LogP contribution in [0.5, 0.6) is 0 Å². The number of nitrogens with zero attached hydrogens (tertiary/aromatic N) is 2. The van der Waals surface area contributed by atoms with Crippen LogP contribution >= 0.6 is 0 Å². The summed E-state index contributed by atoms with van der Waals surface area (Å²) in [5, 5.41) is 8.72. The number of carbonyl (C=O) groups is 3. The number of rotatable bonds is 7. The van der Waals surface area contributed by atoms with Crippen LogP contribution in [0.25, 0.3) is 5.69 Å². The quantitative estimate of drug-likeness (QED) is 0.563. The number of carbonyl (C=O) groups excluding carboxylic acids is 3. The number of hydrogen-bond donors (Lipinski definition) is 2. The Kier molecular flexibility index (Phi) is 6.71. The third-order valence-electron chi connectivity index (χ3n) is 4.21. The van der Waals surface area contributed by atoms with Crippen LogP contribution in [-0.4, -0.2) is 40.7 Å². The molecule has 10 heteroatoms. The van der Waals surface area contributed by atoms with Gasteiger partial charge < -0.3 is 15.4 Å². The maximum absolute atomic E-state index is 13.1. The Morgan fingerprint density at radius 2 is 1.77 bits per heavy atom. The number of amides is 2. The first-order chi connectivity index (χ1) is 14.8. The number of ether oxygens (including phenoxy) is 1. The largest absolute Gasteiger partial charge is 0.452 e. The lowest BCUT2D eigenvalue weighted by atomic mass is 10.2. The highest BCUT2D eigenvalue weighted by Gasteiger charge is 2.18. The first-order valence-electron chi connectivity index (χ1n) is 9.14. The van der Waals surface area contributed by atoms with Gasteiger partial charge in [0.05, 0.1) is 24.1 Å². The van der Waals surface area contributed by atoms with Crippen LogP contribution in [-0.2, 0) is 14.3 Å². The number of hydrogen-bond acceptors (Lipinski definition) is 5. The standard InChI is InChI=1S/C21H18F2N4O4/c1-13-16(10-25-27(13)15-5-3-2-4-6-15)21(30)31-12-20(29)24-11-19(28)26-14-7-8-17(22)18(23)9-14/h2-10H,11-12H2,1H3,(H,24,29)(H,26,28). The fourth-order valence-electron chi connectivity index (χ4n) is 2.66. The molecule has 2 N–H and O–H groups in total. The van der Waals surface area contributed by atoms with Gasteiger partial charge in [-0.05, 0) is 31.2 Å². The molecule has 2 amide bonds. The second kappa shape index (κ2) is 9.61. The molecule has 8 nitrogen and oxygen atoms in total. The second-order valence-corrected chi connectivity index (χ2v) is 6.42. The summed E-state index contributed by atoms with van der Waals surface area (Å²) in [4.78, 5) is 35.9. The molecule has 0 aliphatic rings. The molecule has 0 saturated heterocycles. The fourth-order valence-corrected chi connectivity index (χ4v) is 2.66. The van der Waals surface area contributed by atoms with Crippen molar-refractivity contribution in [3.8, 4) is 5.69 Å². The predicted octanol–water partition coefficient (Wildman–Crippen LogP) is 2.37. The van der Waals surface area contributed by atoms with Crippen molar-refractivity contribution in [1.82, 2.24) is 15.1 Å². The Morgan fingerprint density at radius 1 is 1.03 bits per heavy atom. The number of halogens is 2. The van der Waals surface area contributed by atoms with Gasteiger partial charge in [-0.3, -0.25) is 9.59 Å². The van der Waals surface area contributed by atoms with Crippen LogP contribution in [0.4, 0.5) is 14.5 Å². The monoisotopic (exact) mass is 428 g/mol. The molecular weight excluding hydrogens is 410 g/mol. The highest BCUT2D eigenvalue weighted by molar-refractivity contribution is 5.95. The molecule has 0 spiro atoms. The van der Waals surface area contributed by atoms with Gasteiger partial charge in [0.25, 0.3) is 5.91 Å². The lowest BCUT2D eigenvalue weighted by Crippen LogP contribution is -2.35. The molecule has 0 atom stereocenters. The van der Waals surface area contributed by atoms with Crippen molar-refractivity contribution >= 4 is 23.5 Å². The van der Waals surface area contributed by atoms with Crippen LogP contribution in [0.2, 0.25) is 0 Å². The van der Waals surface area contributed by atoms with E-state index in [2.05, 4.69) is 15.7 Å². The van der Waals surface area contributed by atoms with E-state index >= 15 is 0 Å². The fraction of sp³-hybridized carbons (Fsp3) is 0.143. The molecule has 0 radical (unpaired) electrons. The van der Waals surface area contributed by atoms with Gasteiger partial charge in [0.1, 0.15) is 5.56 Å². The van der Waals surface area contributed by atoms with Crippen molar-refractivity contribution in [2.24, 2.45) is 0 Å². The third kappa shape index (κ3) is 5.50. The summed E-state index contributed by atoms with van der Waals surface area (Å²) in [5.74, 6) is -4.26. The van der Waals surface area contributed by atoms with E-state index in [0.29, 0.717) is 5.69 Å². The molecular formula is C21H18F2N4O4. The predicted molar refractivity (Wildman–Crippen MR) is 107 cm³/mol. The molecule has 160 valence electrons. The number of esters is 1. The number of para-hydroxylation sites is 1. The Hall–Kier alpha value is -4.08. The first kappa shape index (κ1) is 21.6. The van der Waals surface area contributed by atoms with Gasteiger partial charge >= 0.3 is 5.97 Å². The highest BCUT2D eigenvalue weighted by atomic mass is 19.2. The van der Waals surface area contributed by atoms with E-state index in [1.165, 1.54) is 12.3 Å². The van der Waals surface area contributed by atoms with Crippen molar-refractivity contribution < 1.29 is 27.9 Å². The maximum atomic E-state index is 13.1. The number of benzene rings is 2. The molecule has 0 saturated carbocycles. The summed E-state index contributed by atoms with van der Waals surface area (Å²) in [7, 11) is 0. The number of anilines is 1. The Labute approximate surface area is 175 Å². The maximum Gasteiger partial charge on any atom is 0.342 e. The van der Waals surface area contributed by atoms with E-state index in [1.54, 1.807) is 11.6 Å². The zero-order valence-electron chi connectivity index (χ0n) is 16.4. The smallest absolute Gasteiger partial charge is 0.342 e. The van der Waals surface area contributed by atoms with Crippen molar-refractivity contribution in [1.29, 1.82) is 0 Å². The topological polar surface area (TPSA) is 102 Å². The van der Waals surface area contributed by atoms with Crippen molar-refractivity contribution in [2.75, 3.05) is 18.5 Å². The molecule has 0 aliphatic heterocycles. The van der Waals surface area contributed by atoms with E-state index in [-0.39, 0.29) is 11.3 Å².